The minimum atomic E-state index is 0.176. The number of anilines is 1. The van der Waals surface area contributed by atoms with Gasteiger partial charge in [0.15, 0.2) is 0 Å². The number of hydrogen-bond donors (Lipinski definition) is 2. The number of unbranched alkanes of at least 4 members (excludes halogenated alkanes) is 1. The summed E-state index contributed by atoms with van der Waals surface area (Å²) in [5.41, 5.74) is 2.33. The van der Waals surface area contributed by atoms with Crippen molar-refractivity contribution in [2.75, 3.05) is 31.1 Å². The average Bonchev–Trinajstić information content (AvgIpc) is 2.70. The molecule has 0 spiro atoms. The molecular weight excluding hydrogens is 252 g/mol. The molecule has 5 nitrogen and oxygen atoms in total. The lowest BCUT2D eigenvalue weighted by Crippen LogP contribution is -2.31. The van der Waals surface area contributed by atoms with Gasteiger partial charge in [-0.3, -0.25) is 4.68 Å². The average molecular weight is 282 g/mol. The Balaban J connectivity index is 2.92. The van der Waals surface area contributed by atoms with Crippen molar-refractivity contribution in [1.29, 1.82) is 0 Å². The van der Waals surface area contributed by atoms with Crippen LogP contribution >= 0.6 is 0 Å². The Labute approximate surface area is 123 Å². The van der Waals surface area contributed by atoms with Gasteiger partial charge >= 0.3 is 0 Å². The molecule has 2 N–H and O–H groups in total. The van der Waals surface area contributed by atoms with Gasteiger partial charge in [0.1, 0.15) is 5.82 Å². The molecule has 5 heteroatoms. The van der Waals surface area contributed by atoms with E-state index in [-0.39, 0.29) is 6.61 Å². The molecule has 1 aromatic heterocycles. The van der Waals surface area contributed by atoms with E-state index in [0.717, 1.165) is 50.4 Å². The highest BCUT2D eigenvalue weighted by atomic mass is 16.3. The Morgan fingerprint density at radius 3 is 2.60 bits per heavy atom. The molecule has 1 aromatic rings. The highest BCUT2D eigenvalue weighted by molar-refractivity contribution is 5.50. The predicted octanol–water partition coefficient (Wildman–Crippen LogP) is 1.83. The van der Waals surface area contributed by atoms with Gasteiger partial charge in [-0.1, -0.05) is 20.3 Å². The van der Waals surface area contributed by atoms with Crippen LogP contribution in [0, 0.1) is 6.92 Å². The van der Waals surface area contributed by atoms with E-state index in [2.05, 4.69) is 36.1 Å². The van der Waals surface area contributed by atoms with Gasteiger partial charge in [-0.05, 0) is 26.3 Å². The second-order valence-corrected chi connectivity index (χ2v) is 5.25. The van der Waals surface area contributed by atoms with Crippen LogP contribution in [0.3, 0.4) is 0 Å². The number of aliphatic hydroxyl groups excluding tert-OH is 1. The van der Waals surface area contributed by atoms with E-state index in [1.807, 2.05) is 11.7 Å². The second kappa shape index (κ2) is 8.97. The Morgan fingerprint density at radius 2 is 2.00 bits per heavy atom. The van der Waals surface area contributed by atoms with E-state index in [9.17, 15) is 5.11 Å². The molecule has 0 unspecified atom stereocenters. The second-order valence-electron chi connectivity index (χ2n) is 5.25. The first-order valence-electron chi connectivity index (χ1n) is 7.74. The van der Waals surface area contributed by atoms with Gasteiger partial charge in [0.2, 0.25) is 0 Å². The van der Waals surface area contributed by atoms with Crippen LogP contribution in [0.15, 0.2) is 0 Å². The first-order chi connectivity index (χ1) is 9.65. The Hall–Kier alpha value is -1.07. The molecule has 0 saturated heterocycles. The minimum Gasteiger partial charge on any atom is -0.395 e. The van der Waals surface area contributed by atoms with Gasteiger partial charge in [0, 0.05) is 32.2 Å². The highest BCUT2D eigenvalue weighted by Crippen LogP contribution is 2.23. The van der Waals surface area contributed by atoms with Crippen LogP contribution in [-0.2, 0) is 13.6 Å². The fraction of sp³-hybridized carbons (Fsp3) is 0.800. The predicted molar refractivity (Wildman–Crippen MR) is 84.1 cm³/mol. The topological polar surface area (TPSA) is 53.3 Å². The van der Waals surface area contributed by atoms with Crippen LogP contribution in [0.2, 0.25) is 0 Å². The Kier molecular flexibility index (Phi) is 7.62. The summed E-state index contributed by atoms with van der Waals surface area (Å²) in [6.07, 6.45) is 3.42. The summed E-state index contributed by atoms with van der Waals surface area (Å²) in [5.74, 6) is 1.15. The summed E-state index contributed by atoms with van der Waals surface area (Å²) in [6, 6.07) is 0. The van der Waals surface area contributed by atoms with Crippen molar-refractivity contribution < 1.29 is 5.11 Å². The quantitative estimate of drug-likeness (QED) is 0.643. The van der Waals surface area contributed by atoms with Crippen molar-refractivity contribution in [3.63, 3.8) is 0 Å². The molecule has 0 aliphatic carbocycles. The monoisotopic (exact) mass is 282 g/mol. The van der Waals surface area contributed by atoms with Crippen LogP contribution in [0.1, 0.15) is 44.4 Å². The molecule has 1 rings (SSSR count). The maximum Gasteiger partial charge on any atom is 0.131 e. The van der Waals surface area contributed by atoms with E-state index in [1.54, 1.807) is 0 Å². The number of nitrogens with one attached hydrogen (secondary N) is 1. The lowest BCUT2D eigenvalue weighted by molar-refractivity contribution is 0.300. The van der Waals surface area contributed by atoms with E-state index in [1.165, 1.54) is 5.56 Å². The summed E-state index contributed by atoms with van der Waals surface area (Å²) in [6.45, 7) is 10.1. The lowest BCUT2D eigenvalue weighted by Gasteiger charge is -2.25. The SMILES string of the molecule is CCCCN(CCO)c1c(CNCCC)c(C)nn1C. The molecule has 0 radical (unpaired) electrons. The van der Waals surface area contributed by atoms with Crippen molar-refractivity contribution in [3.8, 4) is 0 Å². The highest BCUT2D eigenvalue weighted by Gasteiger charge is 2.18. The molecular formula is C15H30N4O. The van der Waals surface area contributed by atoms with Crippen molar-refractivity contribution in [1.82, 2.24) is 15.1 Å². The fourth-order valence-electron chi connectivity index (χ4n) is 2.48. The third-order valence-corrected chi connectivity index (χ3v) is 3.49. The van der Waals surface area contributed by atoms with Gasteiger partial charge in [0.05, 0.1) is 12.3 Å². The summed E-state index contributed by atoms with van der Waals surface area (Å²) >= 11 is 0. The van der Waals surface area contributed by atoms with Crippen molar-refractivity contribution in [2.24, 2.45) is 7.05 Å². The first-order valence-corrected chi connectivity index (χ1v) is 7.74. The molecule has 0 saturated carbocycles. The van der Waals surface area contributed by atoms with Gasteiger partial charge < -0.3 is 15.3 Å². The smallest absolute Gasteiger partial charge is 0.131 e. The van der Waals surface area contributed by atoms with Gasteiger partial charge in [-0.2, -0.15) is 5.10 Å². The lowest BCUT2D eigenvalue weighted by atomic mass is 10.2. The molecule has 0 bridgehead atoms. The number of aryl methyl sites for hydroxylation is 2. The number of aliphatic hydroxyl groups is 1. The summed E-state index contributed by atoms with van der Waals surface area (Å²) < 4.78 is 1.95. The number of hydrogen-bond acceptors (Lipinski definition) is 4. The van der Waals surface area contributed by atoms with Gasteiger partial charge in [0.25, 0.3) is 0 Å². The summed E-state index contributed by atoms with van der Waals surface area (Å²) in [4.78, 5) is 2.26. The zero-order valence-electron chi connectivity index (χ0n) is 13.4. The maximum atomic E-state index is 9.31. The van der Waals surface area contributed by atoms with Gasteiger partial charge in [-0.25, -0.2) is 0 Å². The van der Waals surface area contributed by atoms with E-state index < -0.39 is 0 Å². The van der Waals surface area contributed by atoms with Crippen LogP contribution < -0.4 is 10.2 Å². The molecule has 0 fully saturated rings. The summed E-state index contributed by atoms with van der Waals surface area (Å²) in [7, 11) is 1.99. The third-order valence-electron chi connectivity index (χ3n) is 3.49. The van der Waals surface area contributed by atoms with E-state index in [0.29, 0.717) is 6.54 Å². The minimum absolute atomic E-state index is 0.176. The molecule has 0 aliphatic heterocycles. The van der Waals surface area contributed by atoms with Crippen molar-refractivity contribution in [3.05, 3.63) is 11.3 Å². The molecule has 0 aliphatic rings. The normalized spacial score (nSPS) is 11.1. The molecule has 116 valence electrons. The standard InChI is InChI=1S/C15H30N4O/c1-5-7-9-19(10-11-20)15-14(12-16-8-6-2)13(3)17-18(15)4/h16,20H,5-12H2,1-4H3. The van der Waals surface area contributed by atoms with E-state index in [4.69, 9.17) is 0 Å². The molecule has 1 heterocycles. The Bertz CT molecular complexity index is 389. The third kappa shape index (κ3) is 4.49. The van der Waals surface area contributed by atoms with Crippen LogP contribution in [0.25, 0.3) is 0 Å². The van der Waals surface area contributed by atoms with Crippen LogP contribution in [-0.4, -0.2) is 41.1 Å². The van der Waals surface area contributed by atoms with Crippen molar-refractivity contribution in [2.45, 2.75) is 46.6 Å². The Morgan fingerprint density at radius 1 is 1.25 bits per heavy atom. The zero-order chi connectivity index (χ0) is 15.0. The largest absolute Gasteiger partial charge is 0.395 e. The summed E-state index contributed by atoms with van der Waals surface area (Å²) in [5, 5.41) is 17.3. The molecule has 0 amide bonds. The van der Waals surface area contributed by atoms with Gasteiger partial charge in [-0.15, -0.1) is 0 Å². The van der Waals surface area contributed by atoms with Crippen LogP contribution in [0.5, 0.6) is 0 Å². The number of rotatable bonds is 10. The molecule has 20 heavy (non-hydrogen) atoms. The number of nitrogens with zero attached hydrogens (tertiary/aromatic N) is 3. The molecule has 0 aromatic carbocycles. The fourth-order valence-corrected chi connectivity index (χ4v) is 2.48. The van der Waals surface area contributed by atoms with Crippen LogP contribution in [0.4, 0.5) is 5.82 Å². The number of aromatic nitrogens is 2. The zero-order valence-corrected chi connectivity index (χ0v) is 13.4. The van der Waals surface area contributed by atoms with Crippen molar-refractivity contribution >= 4 is 5.82 Å². The molecule has 0 atom stereocenters. The van der Waals surface area contributed by atoms with E-state index >= 15 is 0 Å². The first kappa shape index (κ1) is 17.0. The maximum absolute atomic E-state index is 9.31.